The van der Waals surface area contributed by atoms with Crippen molar-refractivity contribution in [1.82, 2.24) is 0 Å². The summed E-state index contributed by atoms with van der Waals surface area (Å²) >= 11 is 0. The minimum absolute atomic E-state index is 0.0661. The minimum Gasteiger partial charge on any atom is -0.462 e. The Morgan fingerprint density at radius 3 is 2.24 bits per heavy atom. The second-order valence-electron chi connectivity index (χ2n) is 7.50. The fourth-order valence-electron chi connectivity index (χ4n) is 2.91. The molecule has 178 valence electrons. The number of benzene rings is 3. The molecule has 0 saturated carbocycles. The molecular weight excluding hydrogens is 456 g/mol. The lowest BCUT2D eigenvalue weighted by atomic mass is 10.2. The Balaban J connectivity index is 1.87. The van der Waals surface area contributed by atoms with Gasteiger partial charge < -0.3 is 19.6 Å². The number of aryl methyl sites for hydroxylation is 1. The van der Waals surface area contributed by atoms with E-state index in [1.54, 1.807) is 36.4 Å². The molecule has 3 aromatic rings. The second-order valence-corrected chi connectivity index (χ2v) is 9.04. The molecule has 8 nitrogen and oxygen atoms in total. The van der Waals surface area contributed by atoms with Crippen LogP contribution in [0.1, 0.15) is 35.7 Å². The maximum Gasteiger partial charge on any atom is 0.341 e. The summed E-state index contributed by atoms with van der Waals surface area (Å²) in [4.78, 5) is 24.9. The molecule has 3 aromatic carbocycles. The number of ether oxygens (including phenoxy) is 1. The summed E-state index contributed by atoms with van der Waals surface area (Å²) in [7, 11) is -4.24. The first-order valence-electron chi connectivity index (χ1n) is 10.7. The number of hydrogen-bond donors (Lipinski definition) is 2. The van der Waals surface area contributed by atoms with Crippen molar-refractivity contribution in [3.8, 4) is 5.75 Å². The van der Waals surface area contributed by atoms with E-state index in [0.717, 1.165) is 12.0 Å². The lowest BCUT2D eigenvalue weighted by Gasteiger charge is -2.14. The molecule has 0 aliphatic rings. The number of nitrogens with one attached hydrogen (secondary N) is 2. The van der Waals surface area contributed by atoms with Crippen LogP contribution in [-0.2, 0) is 14.9 Å². The maximum atomic E-state index is 12.8. The topological polar surface area (TPSA) is 111 Å². The number of esters is 1. The van der Waals surface area contributed by atoms with Crippen LogP contribution in [0.2, 0.25) is 0 Å². The van der Waals surface area contributed by atoms with Gasteiger partial charge in [-0.3, -0.25) is 0 Å². The van der Waals surface area contributed by atoms with Gasteiger partial charge in [0, 0.05) is 17.4 Å². The summed E-state index contributed by atoms with van der Waals surface area (Å²) in [6, 6.07) is 18.5. The average Bonchev–Trinajstić information content (AvgIpc) is 2.80. The number of carbonyl (C=O) groups is 2. The number of amides is 2. The average molecular weight is 483 g/mol. The smallest absolute Gasteiger partial charge is 0.341 e. The van der Waals surface area contributed by atoms with E-state index in [1.807, 2.05) is 19.9 Å². The Morgan fingerprint density at radius 2 is 1.56 bits per heavy atom. The van der Waals surface area contributed by atoms with Gasteiger partial charge in [-0.15, -0.1) is 0 Å². The molecule has 34 heavy (non-hydrogen) atoms. The number of anilines is 2. The number of hydrogen-bond acceptors (Lipinski definition) is 6. The van der Waals surface area contributed by atoms with Crippen molar-refractivity contribution in [2.75, 3.05) is 17.2 Å². The first kappa shape index (κ1) is 24.8. The molecule has 3 rings (SSSR count). The predicted molar refractivity (Wildman–Crippen MR) is 130 cm³/mol. The lowest BCUT2D eigenvalue weighted by molar-refractivity contribution is 0.0498. The zero-order valence-electron chi connectivity index (χ0n) is 18.9. The van der Waals surface area contributed by atoms with Crippen molar-refractivity contribution >= 4 is 33.5 Å². The third-order valence-corrected chi connectivity index (χ3v) is 5.98. The van der Waals surface area contributed by atoms with Crippen molar-refractivity contribution in [2.45, 2.75) is 31.6 Å². The number of rotatable bonds is 9. The third kappa shape index (κ3) is 6.82. The zero-order valence-corrected chi connectivity index (χ0v) is 19.7. The number of carbonyl (C=O) groups excluding carboxylic acids is 2. The molecule has 0 aliphatic heterocycles. The minimum atomic E-state index is -4.24. The molecule has 2 N–H and O–H groups in total. The van der Waals surface area contributed by atoms with Crippen molar-refractivity contribution in [3.05, 3.63) is 83.9 Å². The fourth-order valence-corrected chi connectivity index (χ4v) is 3.85. The molecule has 0 spiro atoms. The molecular formula is C25H26N2O6S. The SMILES string of the molecule is CCCCOC(=O)c1ccc(NC(=O)Nc2ccccc2)cc1OS(=O)(=O)c1ccc(C)cc1. The van der Waals surface area contributed by atoms with Gasteiger partial charge in [0.25, 0.3) is 0 Å². The van der Waals surface area contributed by atoms with Crippen molar-refractivity contribution in [1.29, 1.82) is 0 Å². The Morgan fingerprint density at radius 1 is 0.882 bits per heavy atom. The van der Waals surface area contributed by atoms with E-state index < -0.39 is 22.1 Å². The van der Waals surface area contributed by atoms with Crippen molar-refractivity contribution in [3.63, 3.8) is 0 Å². The summed E-state index contributed by atoms with van der Waals surface area (Å²) in [5.41, 5.74) is 1.62. The van der Waals surface area contributed by atoms with Crippen molar-refractivity contribution < 1.29 is 26.9 Å². The standard InChI is InChI=1S/C25H26N2O6S/c1-3-4-16-32-24(28)22-15-12-20(27-25(29)26-19-8-6-5-7-9-19)17-23(22)33-34(30,31)21-13-10-18(2)11-14-21/h5-15,17H,3-4,16H2,1-2H3,(H2,26,27,29). The first-order valence-corrected chi connectivity index (χ1v) is 12.1. The highest BCUT2D eigenvalue weighted by molar-refractivity contribution is 7.87. The molecule has 2 amide bonds. The van der Waals surface area contributed by atoms with E-state index in [1.165, 1.54) is 30.3 Å². The lowest BCUT2D eigenvalue weighted by Crippen LogP contribution is -2.20. The van der Waals surface area contributed by atoms with Gasteiger partial charge in [-0.25, -0.2) is 9.59 Å². The monoisotopic (exact) mass is 482 g/mol. The Hall–Kier alpha value is -3.85. The van der Waals surface area contributed by atoms with Crippen LogP contribution in [-0.4, -0.2) is 27.0 Å². The van der Waals surface area contributed by atoms with E-state index in [4.69, 9.17) is 8.92 Å². The molecule has 9 heteroatoms. The molecule has 0 bridgehead atoms. The molecule has 0 atom stereocenters. The summed E-state index contributed by atoms with van der Waals surface area (Å²) in [5, 5.41) is 5.27. The van der Waals surface area contributed by atoms with Gasteiger partial charge in [0.15, 0.2) is 5.75 Å². The highest BCUT2D eigenvalue weighted by Gasteiger charge is 2.23. The van der Waals surface area contributed by atoms with Gasteiger partial charge in [0.1, 0.15) is 10.5 Å². The molecule has 0 heterocycles. The van der Waals surface area contributed by atoms with Gasteiger partial charge in [-0.1, -0.05) is 49.2 Å². The fraction of sp³-hybridized carbons (Fsp3) is 0.200. The van der Waals surface area contributed by atoms with E-state index in [-0.39, 0.29) is 28.5 Å². The summed E-state index contributed by atoms with van der Waals surface area (Å²) < 4.78 is 36.3. The van der Waals surface area contributed by atoms with Gasteiger partial charge in [0.05, 0.1) is 6.61 Å². The Kier molecular flexibility index (Phi) is 8.26. The highest BCUT2D eigenvalue weighted by atomic mass is 32.2. The Labute approximate surface area is 199 Å². The highest BCUT2D eigenvalue weighted by Crippen LogP contribution is 2.28. The molecule has 0 aromatic heterocycles. The molecule has 0 saturated heterocycles. The zero-order chi connectivity index (χ0) is 24.6. The van der Waals surface area contributed by atoms with Gasteiger partial charge in [-0.2, -0.15) is 8.42 Å². The number of para-hydroxylation sites is 1. The molecule has 0 radical (unpaired) electrons. The van der Waals surface area contributed by atoms with Crippen LogP contribution in [0.15, 0.2) is 77.7 Å². The van der Waals surface area contributed by atoms with Crippen LogP contribution in [0, 0.1) is 6.92 Å². The van der Waals surface area contributed by atoms with Crippen LogP contribution in [0.25, 0.3) is 0 Å². The van der Waals surface area contributed by atoms with Crippen LogP contribution in [0.4, 0.5) is 16.2 Å². The Bertz CT molecular complexity index is 1240. The third-order valence-electron chi connectivity index (χ3n) is 4.73. The maximum absolute atomic E-state index is 12.8. The van der Waals surface area contributed by atoms with E-state index >= 15 is 0 Å². The van der Waals surface area contributed by atoms with Crippen LogP contribution >= 0.6 is 0 Å². The summed E-state index contributed by atoms with van der Waals surface area (Å²) in [6.45, 7) is 3.98. The van der Waals surface area contributed by atoms with Crippen molar-refractivity contribution in [2.24, 2.45) is 0 Å². The van der Waals surface area contributed by atoms with Gasteiger partial charge in [-0.05, 0) is 49.7 Å². The van der Waals surface area contributed by atoms with Gasteiger partial charge >= 0.3 is 22.1 Å². The molecule has 0 aliphatic carbocycles. The largest absolute Gasteiger partial charge is 0.462 e. The number of unbranched alkanes of at least 4 members (excludes halogenated alkanes) is 1. The second kappa shape index (κ2) is 11.3. The van der Waals surface area contributed by atoms with E-state index in [2.05, 4.69) is 10.6 Å². The quantitative estimate of drug-likeness (QED) is 0.241. The van der Waals surface area contributed by atoms with E-state index in [9.17, 15) is 18.0 Å². The first-order chi connectivity index (χ1) is 16.3. The van der Waals surface area contributed by atoms with Gasteiger partial charge in [0.2, 0.25) is 0 Å². The van der Waals surface area contributed by atoms with Crippen LogP contribution in [0.3, 0.4) is 0 Å². The predicted octanol–water partition coefficient (Wildman–Crippen LogP) is 5.36. The molecule has 0 unspecified atom stereocenters. The summed E-state index contributed by atoms with van der Waals surface area (Å²) in [6.07, 6.45) is 1.50. The molecule has 0 fully saturated rings. The van der Waals surface area contributed by atoms with Crippen LogP contribution < -0.4 is 14.8 Å². The summed E-state index contributed by atoms with van der Waals surface area (Å²) in [5.74, 6) is -0.970. The normalized spacial score (nSPS) is 10.9. The van der Waals surface area contributed by atoms with E-state index in [0.29, 0.717) is 12.1 Å². The number of urea groups is 1. The van der Waals surface area contributed by atoms with Crippen LogP contribution in [0.5, 0.6) is 5.75 Å².